The fourth-order valence-electron chi connectivity index (χ4n) is 2.51. The number of hydrogen-bond acceptors (Lipinski definition) is 3. The zero-order valence-corrected chi connectivity index (χ0v) is 11.3. The second-order valence-corrected chi connectivity index (χ2v) is 5.36. The van der Waals surface area contributed by atoms with Gasteiger partial charge in [0.15, 0.2) is 0 Å². The van der Waals surface area contributed by atoms with Gasteiger partial charge in [0.25, 0.3) is 0 Å². The standard InChI is InChI=1S/C14H21N3O/c1-10(2)14(7-8-15-9-14)13(18)17-12-6-4-5-11(3)16-12/h4-6,10,15H,7-9H2,1-3H3,(H,16,17,18). The fourth-order valence-corrected chi connectivity index (χ4v) is 2.51. The van der Waals surface area contributed by atoms with Crippen molar-refractivity contribution in [2.75, 3.05) is 18.4 Å². The first kappa shape index (κ1) is 13.0. The minimum absolute atomic E-state index is 0.0839. The lowest BCUT2D eigenvalue weighted by molar-refractivity contribution is -0.126. The van der Waals surface area contributed by atoms with E-state index in [4.69, 9.17) is 0 Å². The summed E-state index contributed by atoms with van der Waals surface area (Å²) in [6, 6.07) is 5.67. The van der Waals surface area contributed by atoms with Gasteiger partial charge in [-0.15, -0.1) is 0 Å². The smallest absolute Gasteiger partial charge is 0.233 e. The van der Waals surface area contributed by atoms with Crippen molar-refractivity contribution < 1.29 is 4.79 Å². The summed E-state index contributed by atoms with van der Waals surface area (Å²) in [6.07, 6.45) is 0.891. The predicted octanol–water partition coefficient (Wildman–Crippen LogP) is 1.96. The zero-order chi connectivity index (χ0) is 13.2. The zero-order valence-electron chi connectivity index (χ0n) is 11.3. The van der Waals surface area contributed by atoms with Crippen LogP contribution in [0.5, 0.6) is 0 Å². The molecule has 1 aromatic heterocycles. The molecular formula is C14H21N3O. The van der Waals surface area contributed by atoms with Gasteiger partial charge in [-0.25, -0.2) is 4.98 Å². The van der Waals surface area contributed by atoms with E-state index in [1.54, 1.807) is 0 Å². The van der Waals surface area contributed by atoms with E-state index in [1.165, 1.54) is 0 Å². The second-order valence-electron chi connectivity index (χ2n) is 5.36. The fraction of sp³-hybridized carbons (Fsp3) is 0.571. The van der Waals surface area contributed by atoms with Gasteiger partial charge in [0.1, 0.15) is 5.82 Å². The average molecular weight is 247 g/mol. The lowest BCUT2D eigenvalue weighted by atomic mass is 9.75. The van der Waals surface area contributed by atoms with Gasteiger partial charge in [0.2, 0.25) is 5.91 Å². The molecule has 4 nitrogen and oxygen atoms in total. The number of rotatable bonds is 3. The van der Waals surface area contributed by atoms with Crippen LogP contribution in [0.15, 0.2) is 18.2 Å². The molecule has 2 N–H and O–H groups in total. The van der Waals surface area contributed by atoms with E-state index in [0.717, 1.165) is 25.2 Å². The predicted molar refractivity (Wildman–Crippen MR) is 72.4 cm³/mol. The summed E-state index contributed by atoms with van der Waals surface area (Å²) in [5.41, 5.74) is 0.613. The number of nitrogens with one attached hydrogen (secondary N) is 2. The molecule has 0 radical (unpaired) electrons. The van der Waals surface area contributed by atoms with Crippen molar-refractivity contribution in [2.24, 2.45) is 11.3 Å². The molecule has 18 heavy (non-hydrogen) atoms. The number of pyridine rings is 1. The van der Waals surface area contributed by atoms with Crippen LogP contribution in [0.25, 0.3) is 0 Å². The van der Waals surface area contributed by atoms with E-state index >= 15 is 0 Å². The number of anilines is 1. The van der Waals surface area contributed by atoms with Crippen LogP contribution in [0.4, 0.5) is 5.82 Å². The van der Waals surface area contributed by atoms with Crippen LogP contribution < -0.4 is 10.6 Å². The number of hydrogen-bond donors (Lipinski definition) is 2. The molecule has 2 heterocycles. The lowest BCUT2D eigenvalue weighted by Crippen LogP contribution is -2.42. The highest BCUT2D eigenvalue weighted by molar-refractivity contribution is 5.95. The molecule has 1 unspecified atom stereocenters. The molecule has 2 rings (SSSR count). The minimum atomic E-state index is -0.300. The molecule has 0 saturated carbocycles. The summed E-state index contributed by atoms with van der Waals surface area (Å²) in [5.74, 6) is 1.05. The third-order valence-electron chi connectivity index (χ3n) is 3.88. The van der Waals surface area contributed by atoms with Crippen molar-refractivity contribution in [1.29, 1.82) is 0 Å². The maximum Gasteiger partial charge on any atom is 0.233 e. The minimum Gasteiger partial charge on any atom is -0.316 e. The molecule has 1 aromatic rings. The molecule has 1 saturated heterocycles. The van der Waals surface area contributed by atoms with Crippen molar-refractivity contribution >= 4 is 11.7 Å². The van der Waals surface area contributed by atoms with Crippen LogP contribution in [0.2, 0.25) is 0 Å². The third kappa shape index (κ3) is 2.38. The quantitative estimate of drug-likeness (QED) is 0.858. The van der Waals surface area contributed by atoms with Gasteiger partial charge < -0.3 is 10.6 Å². The second kappa shape index (κ2) is 5.06. The van der Waals surface area contributed by atoms with Gasteiger partial charge in [0.05, 0.1) is 5.41 Å². The molecule has 1 fully saturated rings. The Kier molecular flexibility index (Phi) is 3.66. The van der Waals surface area contributed by atoms with Crippen molar-refractivity contribution in [2.45, 2.75) is 27.2 Å². The molecule has 4 heteroatoms. The molecule has 1 amide bonds. The molecule has 0 spiro atoms. The molecule has 0 aliphatic carbocycles. The first-order valence-corrected chi connectivity index (χ1v) is 6.50. The van der Waals surface area contributed by atoms with Gasteiger partial charge in [-0.05, 0) is 37.9 Å². The maximum atomic E-state index is 12.5. The van der Waals surface area contributed by atoms with Crippen LogP contribution in [0, 0.1) is 18.3 Å². The summed E-state index contributed by atoms with van der Waals surface area (Å²) in [6.45, 7) is 7.80. The van der Waals surface area contributed by atoms with E-state index in [9.17, 15) is 4.79 Å². The van der Waals surface area contributed by atoms with Gasteiger partial charge in [-0.3, -0.25) is 4.79 Å². The van der Waals surface area contributed by atoms with Crippen LogP contribution in [0.1, 0.15) is 26.0 Å². The molecule has 1 aliphatic heterocycles. The molecule has 98 valence electrons. The van der Waals surface area contributed by atoms with Crippen LogP contribution >= 0.6 is 0 Å². The molecule has 1 aliphatic rings. The lowest BCUT2D eigenvalue weighted by Gasteiger charge is -2.30. The molecular weight excluding hydrogens is 226 g/mol. The van der Waals surface area contributed by atoms with Crippen LogP contribution in [0.3, 0.4) is 0 Å². The Balaban J connectivity index is 2.16. The highest BCUT2D eigenvalue weighted by atomic mass is 16.2. The Morgan fingerprint density at radius 1 is 1.50 bits per heavy atom. The summed E-state index contributed by atoms with van der Waals surface area (Å²) >= 11 is 0. The van der Waals surface area contributed by atoms with Crippen LogP contribution in [-0.4, -0.2) is 24.0 Å². The Morgan fingerprint density at radius 2 is 2.28 bits per heavy atom. The van der Waals surface area contributed by atoms with Crippen molar-refractivity contribution in [1.82, 2.24) is 10.3 Å². The number of nitrogens with zero attached hydrogens (tertiary/aromatic N) is 1. The molecule has 1 atom stereocenters. The number of aryl methyl sites for hydroxylation is 1. The van der Waals surface area contributed by atoms with E-state index in [-0.39, 0.29) is 11.3 Å². The summed E-state index contributed by atoms with van der Waals surface area (Å²) in [5, 5.41) is 6.25. The van der Waals surface area contributed by atoms with Gasteiger partial charge in [-0.1, -0.05) is 19.9 Å². The SMILES string of the molecule is Cc1cccc(NC(=O)C2(C(C)C)CCNC2)n1. The summed E-state index contributed by atoms with van der Waals surface area (Å²) in [4.78, 5) is 16.8. The first-order chi connectivity index (χ1) is 8.54. The maximum absolute atomic E-state index is 12.5. The van der Waals surface area contributed by atoms with Crippen LogP contribution in [-0.2, 0) is 4.79 Å². The van der Waals surface area contributed by atoms with Crippen molar-refractivity contribution in [3.63, 3.8) is 0 Å². The largest absolute Gasteiger partial charge is 0.316 e. The molecule has 0 aromatic carbocycles. The van der Waals surface area contributed by atoms with Gasteiger partial charge in [-0.2, -0.15) is 0 Å². The third-order valence-corrected chi connectivity index (χ3v) is 3.88. The van der Waals surface area contributed by atoms with E-state index in [1.807, 2.05) is 25.1 Å². The number of amides is 1. The van der Waals surface area contributed by atoms with E-state index in [2.05, 4.69) is 29.5 Å². The summed E-state index contributed by atoms with van der Waals surface area (Å²) < 4.78 is 0. The van der Waals surface area contributed by atoms with Crippen molar-refractivity contribution in [3.8, 4) is 0 Å². The van der Waals surface area contributed by atoms with Gasteiger partial charge >= 0.3 is 0 Å². The number of aromatic nitrogens is 1. The van der Waals surface area contributed by atoms with Gasteiger partial charge in [0, 0.05) is 12.2 Å². The van der Waals surface area contributed by atoms with Crippen molar-refractivity contribution in [3.05, 3.63) is 23.9 Å². The number of carbonyl (C=O) groups is 1. The average Bonchev–Trinajstić information content (AvgIpc) is 2.79. The Bertz CT molecular complexity index is 436. The number of carbonyl (C=O) groups excluding carboxylic acids is 1. The van der Waals surface area contributed by atoms with E-state index in [0.29, 0.717) is 11.7 Å². The first-order valence-electron chi connectivity index (χ1n) is 6.50. The monoisotopic (exact) mass is 247 g/mol. The Labute approximate surface area is 108 Å². The normalized spacial score (nSPS) is 23.3. The highest BCUT2D eigenvalue weighted by Crippen LogP contribution is 2.35. The Morgan fingerprint density at radius 3 is 2.83 bits per heavy atom. The van der Waals surface area contributed by atoms with E-state index < -0.39 is 0 Å². The topological polar surface area (TPSA) is 54.0 Å². The summed E-state index contributed by atoms with van der Waals surface area (Å²) in [7, 11) is 0. The molecule has 0 bridgehead atoms. The Hall–Kier alpha value is -1.42. The highest BCUT2D eigenvalue weighted by Gasteiger charge is 2.43.